The molecule has 1 amide bonds. The fourth-order valence-electron chi connectivity index (χ4n) is 3.60. The number of carbonyl (C=O) groups excluding carboxylic acids is 1. The summed E-state index contributed by atoms with van der Waals surface area (Å²) in [5.41, 5.74) is 1.92. The maximum Gasteiger partial charge on any atom is 0.257 e. The Hall–Kier alpha value is -3.32. The van der Waals surface area contributed by atoms with Gasteiger partial charge in [0.1, 0.15) is 5.82 Å². The van der Waals surface area contributed by atoms with E-state index < -0.39 is 5.82 Å². The lowest BCUT2D eigenvalue weighted by molar-refractivity contribution is 0.0752. The van der Waals surface area contributed by atoms with Gasteiger partial charge in [0.2, 0.25) is 5.95 Å². The minimum absolute atomic E-state index is 0.224. The zero-order chi connectivity index (χ0) is 21.6. The molecule has 31 heavy (non-hydrogen) atoms. The molecule has 7 heteroatoms. The van der Waals surface area contributed by atoms with Gasteiger partial charge < -0.3 is 14.5 Å². The summed E-state index contributed by atoms with van der Waals surface area (Å²) in [6, 6.07) is 16.2. The molecule has 0 saturated carbocycles. The van der Waals surface area contributed by atoms with Crippen molar-refractivity contribution in [2.75, 3.05) is 37.7 Å². The summed E-state index contributed by atoms with van der Waals surface area (Å²) in [5.74, 6) is -0.170. The molecule has 2 aromatic carbocycles. The summed E-state index contributed by atoms with van der Waals surface area (Å²) in [6.07, 6.45) is 1.52. The molecule has 2 heterocycles. The second-order valence-corrected chi connectivity index (χ2v) is 7.32. The van der Waals surface area contributed by atoms with Crippen molar-refractivity contribution in [2.24, 2.45) is 0 Å². The van der Waals surface area contributed by atoms with E-state index in [1.165, 1.54) is 12.3 Å². The summed E-state index contributed by atoms with van der Waals surface area (Å²) >= 11 is 0. The number of carbonyl (C=O) groups is 1. The van der Waals surface area contributed by atoms with Gasteiger partial charge in [-0.15, -0.1) is 0 Å². The van der Waals surface area contributed by atoms with E-state index in [1.54, 1.807) is 23.1 Å². The van der Waals surface area contributed by atoms with Crippen LogP contribution in [-0.4, -0.2) is 53.6 Å². The lowest BCUT2D eigenvalue weighted by Crippen LogP contribution is -2.37. The Kier molecular flexibility index (Phi) is 6.52. The Morgan fingerprint density at radius 1 is 1.10 bits per heavy atom. The van der Waals surface area contributed by atoms with E-state index in [0.717, 1.165) is 5.56 Å². The number of ether oxygens (including phenoxy) is 1. The number of rotatable bonds is 6. The van der Waals surface area contributed by atoms with Crippen LogP contribution in [0, 0.1) is 5.82 Å². The van der Waals surface area contributed by atoms with Crippen LogP contribution in [0.4, 0.5) is 10.3 Å². The minimum Gasteiger partial charge on any atom is -0.378 e. The van der Waals surface area contributed by atoms with Gasteiger partial charge in [-0.25, -0.2) is 14.4 Å². The van der Waals surface area contributed by atoms with Gasteiger partial charge >= 0.3 is 0 Å². The predicted molar refractivity (Wildman–Crippen MR) is 117 cm³/mol. The van der Waals surface area contributed by atoms with E-state index in [4.69, 9.17) is 4.74 Å². The SMILES string of the molecule is CCN(Cc1ccccc1)C(=O)c1cnc(N2CCOCC2)nc1-c1ccccc1F. The van der Waals surface area contributed by atoms with Gasteiger partial charge in [0.15, 0.2) is 0 Å². The van der Waals surface area contributed by atoms with Crippen LogP contribution in [0.25, 0.3) is 11.3 Å². The zero-order valence-electron chi connectivity index (χ0n) is 17.5. The van der Waals surface area contributed by atoms with Gasteiger partial charge in [-0.3, -0.25) is 4.79 Å². The first kappa shape index (κ1) is 20.9. The fourth-order valence-corrected chi connectivity index (χ4v) is 3.60. The number of hydrogen-bond donors (Lipinski definition) is 0. The molecule has 1 aliphatic rings. The molecule has 1 fully saturated rings. The van der Waals surface area contributed by atoms with Crippen LogP contribution < -0.4 is 4.90 Å². The fraction of sp³-hybridized carbons (Fsp3) is 0.292. The van der Waals surface area contributed by atoms with E-state index in [1.807, 2.05) is 42.2 Å². The maximum absolute atomic E-state index is 14.7. The molecule has 0 aliphatic carbocycles. The molecular weight excluding hydrogens is 395 g/mol. The van der Waals surface area contributed by atoms with Crippen molar-refractivity contribution in [1.82, 2.24) is 14.9 Å². The smallest absolute Gasteiger partial charge is 0.257 e. The Morgan fingerprint density at radius 3 is 2.52 bits per heavy atom. The number of amides is 1. The Bertz CT molecular complexity index is 1040. The first-order valence-corrected chi connectivity index (χ1v) is 10.4. The number of nitrogens with zero attached hydrogens (tertiary/aromatic N) is 4. The zero-order valence-corrected chi connectivity index (χ0v) is 17.5. The summed E-state index contributed by atoms with van der Waals surface area (Å²) in [5, 5.41) is 0. The van der Waals surface area contributed by atoms with Crippen molar-refractivity contribution in [3.63, 3.8) is 0 Å². The van der Waals surface area contributed by atoms with Crippen LogP contribution in [0.1, 0.15) is 22.8 Å². The number of benzene rings is 2. The Morgan fingerprint density at radius 2 is 1.81 bits per heavy atom. The molecule has 0 atom stereocenters. The van der Waals surface area contributed by atoms with Gasteiger partial charge in [0.05, 0.1) is 24.5 Å². The highest BCUT2D eigenvalue weighted by atomic mass is 19.1. The highest BCUT2D eigenvalue weighted by Crippen LogP contribution is 2.27. The second-order valence-electron chi connectivity index (χ2n) is 7.32. The molecule has 3 aromatic rings. The van der Waals surface area contributed by atoms with Crippen molar-refractivity contribution in [2.45, 2.75) is 13.5 Å². The number of morpholine rings is 1. The molecule has 1 saturated heterocycles. The molecule has 6 nitrogen and oxygen atoms in total. The lowest BCUT2D eigenvalue weighted by atomic mass is 10.1. The molecule has 160 valence electrons. The second kappa shape index (κ2) is 9.66. The normalized spacial score (nSPS) is 13.8. The van der Waals surface area contributed by atoms with Crippen molar-refractivity contribution in [1.29, 1.82) is 0 Å². The summed E-state index contributed by atoms with van der Waals surface area (Å²) in [7, 11) is 0. The molecule has 0 spiro atoms. The standard InChI is InChI=1S/C24H25FN4O2/c1-2-28(17-18-8-4-3-5-9-18)23(30)20-16-26-24(29-12-14-31-15-13-29)27-22(20)19-10-6-7-11-21(19)25/h3-11,16H,2,12-15,17H2,1H3. The predicted octanol–water partition coefficient (Wildman–Crippen LogP) is 3.78. The number of aromatic nitrogens is 2. The van der Waals surface area contributed by atoms with Gasteiger partial charge in [-0.05, 0) is 24.6 Å². The van der Waals surface area contributed by atoms with Crippen LogP contribution in [0.3, 0.4) is 0 Å². The quantitative estimate of drug-likeness (QED) is 0.607. The van der Waals surface area contributed by atoms with E-state index in [-0.39, 0.29) is 5.91 Å². The molecule has 0 bridgehead atoms. The van der Waals surface area contributed by atoms with Crippen LogP contribution in [-0.2, 0) is 11.3 Å². The summed E-state index contributed by atoms with van der Waals surface area (Å²) in [6.45, 7) is 5.36. The Balaban J connectivity index is 1.73. The van der Waals surface area contributed by atoms with Gasteiger partial charge in [0, 0.05) is 37.9 Å². The van der Waals surface area contributed by atoms with E-state index >= 15 is 0 Å². The number of anilines is 1. The van der Waals surface area contributed by atoms with Crippen molar-refractivity contribution >= 4 is 11.9 Å². The molecular formula is C24H25FN4O2. The molecule has 0 radical (unpaired) electrons. The first-order valence-electron chi connectivity index (χ1n) is 10.4. The minimum atomic E-state index is -0.422. The van der Waals surface area contributed by atoms with Crippen LogP contribution in [0.15, 0.2) is 60.8 Å². The maximum atomic E-state index is 14.7. The van der Waals surface area contributed by atoms with Crippen LogP contribution >= 0.6 is 0 Å². The highest BCUT2D eigenvalue weighted by molar-refractivity contribution is 5.99. The average Bonchev–Trinajstić information content (AvgIpc) is 2.83. The lowest BCUT2D eigenvalue weighted by Gasteiger charge is -2.28. The molecule has 0 N–H and O–H groups in total. The van der Waals surface area contributed by atoms with E-state index in [2.05, 4.69) is 9.97 Å². The molecule has 1 aromatic heterocycles. The van der Waals surface area contributed by atoms with E-state index in [0.29, 0.717) is 62.2 Å². The highest BCUT2D eigenvalue weighted by Gasteiger charge is 2.24. The summed E-state index contributed by atoms with van der Waals surface area (Å²) < 4.78 is 20.1. The molecule has 4 rings (SSSR count). The summed E-state index contributed by atoms with van der Waals surface area (Å²) in [4.78, 5) is 26.3. The molecule has 0 unspecified atom stereocenters. The average molecular weight is 420 g/mol. The largest absolute Gasteiger partial charge is 0.378 e. The van der Waals surface area contributed by atoms with Crippen molar-refractivity contribution in [3.05, 3.63) is 77.7 Å². The van der Waals surface area contributed by atoms with Crippen LogP contribution in [0.2, 0.25) is 0 Å². The Labute approximate surface area is 181 Å². The monoisotopic (exact) mass is 420 g/mol. The third-order valence-electron chi connectivity index (χ3n) is 5.31. The third kappa shape index (κ3) is 4.72. The topological polar surface area (TPSA) is 58.6 Å². The van der Waals surface area contributed by atoms with Gasteiger partial charge in [0.25, 0.3) is 5.91 Å². The molecule has 1 aliphatic heterocycles. The van der Waals surface area contributed by atoms with E-state index in [9.17, 15) is 9.18 Å². The number of halogens is 1. The van der Waals surface area contributed by atoms with Gasteiger partial charge in [-0.2, -0.15) is 0 Å². The van der Waals surface area contributed by atoms with Crippen LogP contribution in [0.5, 0.6) is 0 Å². The number of hydrogen-bond acceptors (Lipinski definition) is 5. The van der Waals surface area contributed by atoms with Gasteiger partial charge in [-0.1, -0.05) is 42.5 Å². The first-order chi connectivity index (χ1) is 15.2. The van der Waals surface area contributed by atoms with Crippen molar-refractivity contribution < 1.29 is 13.9 Å². The third-order valence-corrected chi connectivity index (χ3v) is 5.31. The van der Waals surface area contributed by atoms with Crippen molar-refractivity contribution in [3.8, 4) is 11.3 Å².